The molecule has 1 aromatic carbocycles. The van der Waals surface area contributed by atoms with Gasteiger partial charge in [-0.15, -0.1) is 10.2 Å². The van der Waals surface area contributed by atoms with Crippen LogP contribution in [0.25, 0.3) is 0 Å². The Morgan fingerprint density at radius 1 is 1.19 bits per heavy atom. The van der Waals surface area contributed by atoms with E-state index >= 15 is 0 Å². The van der Waals surface area contributed by atoms with E-state index in [1.54, 1.807) is 0 Å². The summed E-state index contributed by atoms with van der Waals surface area (Å²) in [6, 6.07) is 7.84. The van der Waals surface area contributed by atoms with Gasteiger partial charge in [0.1, 0.15) is 5.82 Å². The van der Waals surface area contributed by atoms with Gasteiger partial charge in [0.05, 0.1) is 5.75 Å². The number of hydrogen-bond acceptors (Lipinski definition) is 4. The molecule has 5 nitrogen and oxygen atoms in total. The van der Waals surface area contributed by atoms with Crippen LogP contribution in [0.4, 0.5) is 5.69 Å². The standard InChI is InChI=1S/C20H28N4OS/c1-3-24-18(13-16-7-5-4-6-8-16)22-23-20(24)26-14-19(25)21-17-11-9-15(2)10-12-17/h9-12,16H,3-8,13-14H2,1-2H3,(H,21,25). The summed E-state index contributed by atoms with van der Waals surface area (Å²) in [5.41, 5.74) is 2.01. The zero-order valence-corrected chi connectivity index (χ0v) is 16.5. The predicted octanol–water partition coefficient (Wildman–Crippen LogP) is 4.46. The van der Waals surface area contributed by atoms with Gasteiger partial charge in [0.15, 0.2) is 5.16 Å². The number of nitrogens with one attached hydrogen (secondary N) is 1. The number of anilines is 1. The van der Waals surface area contributed by atoms with Crippen molar-refractivity contribution >= 4 is 23.4 Å². The van der Waals surface area contributed by atoms with Gasteiger partial charge < -0.3 is 9.88 Å². The first-order valence-corrected chi connectivity index (χ1v) is 10.6. The average molecular weight is 373 g/mol. The highest BCUT2D eigenvalue weighted by molar-refractivity contribution is 7.99. The van der Waals surface area contributed by atoms with Crippen LogP contribution in [0.2, 0.25) is 0 Å². The van der Waals surface area contributed by atoms with Crippen molar-refractivity contribution in [2.24, 2.45) is 5.92 Å². The molecule has 2 aromatic rings. The molecule has 1 aliphatic rings. The Morgan fingerprint density at radius 3 is 2.62 bits per heavy atom. The summed E-state index contributed by atoms with van der Waals surface area (Å²) < 4.78 is 2.17. The zero-order valence-electron chi connectivity index (χ0n) is 15.7. The quantitative estimate of drug-likeness (QED) is 0.729. The Labute approximate surface area is 160 Å². The van der Waals surface area contributed by atoms with Crippen LogP contribution in [0.5, 0.6) is 0 Å². The third-order valence-corrected chi connectivity index (χ3v) is 5.94. The Hall–Kier alpha value is -1.82. The molecule has 0 unspecified atom stereocenters. The first-order chi connectivity index (χ1) is 12.7. The van der Waals surface area contributed by atoms with Gasteiger partial charge in [0.25, 0.3) is 0 Å². The fraction of sp³-hybridized carbons (Fsp3) is 0.550. The number of thioether (sulfide) groups is 1. The SMILES string of the molecule is CCn1c(CC2CCCCC2)nnc1SCC(=O)Nc1ccc(C)cc1. The van der Waals surface area contributed by atoms with Crippen molar-refractivity contribution < 1.29 is 4.79 Å². The van der Waals surface area contributed by atoms with Crippen LogP contribution in [0, 0.1) is 12.8 Å². The minimum atomic E-state index is -0.0154. The number of carbonyl (C=O) groups is 1. The highest BCUT2D eigenvalue weighted by Crippen LogP contribution is 2.27. The fourth-order valence-corrected chi connectivity index (χ4v) is 4.33. The van der Waals surface area contributed by atoms with Gasteiger partial charge in [-0.2, -0.15) is 0 Å². The van der Waals surface area contributed by atoms with Gasteiger partial charge >= 0.3 is 0 Å². The van der Waals surface area contributed by atoms with Crippen LogP contribution in [0.1, 0.15) is 50.4 Å². The molecule has 1 aromatic heterocycles. The number of nitrogens with zero attached hydrogens (tertiary/aromatic N) is 3. The molecular formula is C20H28N4OS. The molecular weight excluding hydrogens is 344 g/mol. The van der Waals surface area contributed by atoms with Crippen molar-refractivity contribution in [1.29, 1.82) is 0 Å². The van der Waals surface area contributed by atoms with E-state index in [2.05, 4.69) is 27.0 Å². The average Bonchev–Trinajstić information content (AvgIpc) is 3.04. The van der Waals surface area contributed by atoms with E-state index < -0.39 is 0 Å². The summed E-state index contributed by atoms with van der Waals surface area (Å²) >= 11 is 1.46. The maximum absolute atomic E-state index is 12.2. The highest BCUT2D eigenvalue weighted by atomic mass is 32.2. The lowest BCUT2D eigenvalue weighted by molar-refractivity contribution is -0.113. The number of rotatable bonds is 7. The van der Waals surface area contributed by atoms with E-state index in [9.17, 15) is 4.79 Å². The van der Waals surface area contributed by atoms with Crippen LogP contribution in [0.3, 0.4) is 0 Å². The number of benzene rings is 1. The molecule has 1 fully saturated rings. The Morgan fingerprint density at radius 2 is 1.92 bits per heavy atom. The van der Waals surface area contributed by atoms with Crippen LogP contribution < -0.4 is 5.32 Å². The number of aryl methyl sites for hydroxylation is 1. The van der Waals surface area contributed by atoms with Gasteiger partial charge in [0.2, 0.25) is 5.91 Å². The molecule has 1 saturated carbocycles. The van der Waals surface area contributed by atoms with Crippen molar-refractivity contribution in [3.05, 3.63) is 35.7 Å². The lowest BCUT2D eigenvalue weighted by Crippen LogP contribution is -2.15. The van der Waals surface area contributed by atoms with Crippen molar-refractivity contribution in [2.75, 3.05) is 11.1 Å². The second kappa shape index (κ2) is 9.21. The summed E-state index contributed by atoms with van der Waals surface area (Å²) in [6.45, 7) is 4.99. The number of hydrogen-bond donors (Lipinski definition) is 1. The maximum atomic E-state index is 12.2. The van der Waals surface area contributed by atoms with Gasteiger partial charge in [-0.25, -0.2) is 0 Å². The first kappa shape index (κ1) is 19.0. The van der Waals surface area contributed by atoms with Gasteiger partial charge in [-0.3, -0.25) is 4.79 Å². The van der Waals surface area contributed by atoms with Gasteiger partial charge in [0, 0.05) is 18.7 Å². The molecule has 1 amide bonds. The number of carbonyl (C=O) groups excluding carboxylic acids is 1. The minimum absolute atomic E-state index is 0.0154. The van der Waals surface area contributed by atoms with Crippen LogP contribution in [-0.2, 0) is 17.8 Å². The molecule has 0 atom stereocenters. The summed E-state index contributed by atoms with van der Waals surface area (Å²) in [6.07, 6.45) is 7.67. The minimum Gasteiger partial charge on any atom is -0.325 e. The Bertz CT molecular complexity index is 720. The molecule has 3 rings (SSSR count). The molecule has 0 aliphatic heterocycles. The Balaban J connectivity index is 1.55. The molecule has 0 radical (unpaired) electrons. The smallest absolute Gasteiger partial charge is 0.234 e. The summed E-state index contributed by atoms with van der Waals surface area (Å²) in [5.74, 6) is 2.13. The van der Waals surface area contributed by atoms with E-state index in [0.29, 0.717) is 5.75 Å². The molecule has 0 bridgehead atoms. The highest BCUT2D eigenvalue weighted by Gasteiger charge is 2.19. The van der Waals surface area contributed by atoms with Crippen molar-refractivity contribution in [2.45, 2.75) is 64.1 Å². The Kier molecular flexibility index (Phi) is 6.72. The van der Waals surface area contributed by atoms with E-state index in [1.807, 2.05) is 31.2 Å². The third kappa shape index (κ3) is 5.10. The van der Waals surface area contributed by atoms with E-state index in [0.717, 1.165) is 35.6 Å². The molecule has 0 saturated heterocycles. The third-order valence-electron chi connectivity index (χ3n) is 4.97. The number of amides is 1. The summed E-state index contributed by atoms with van der Waals surface area (Å²) in [5, 5.41) is 12.5. The number of aromatic nitrogens is 3. The second-order valence-corrected chi connectivity index (χ2v) is 8.00. The second-order valence-electron chi connectivity index (χ2n) is 7.05. The molecule has 26 heavy (non-hydrogen) atoms. The monoisotopic (exact) mass is 372 g/mol. The predicted molar refractivity (Wildman–Crippen MR) is 107 cm³/mol. The zero-order chi connectivity index (χ0) is 18.4. The van der Waals surface area contributed by atoms with Crippen molar-refractivity contribution in [3.8, 4) is 0 Å². The van der Waals surface area contributed by atoms with Gasteiger partial charge in [-0.1, -0.05) is 61.6 Å². The van der Waals surface area contributed by atoms with Crippen molar-refractivity contribution in [3.63, 3.8) is 0 Å². The lowest BCUT2D eigenvalue weighted by atomic mass is 9.87. The first-order valence-electron chi connectivity index (χ1n) is 9.57. The van der Waals surface area contributed by atoms with Gasteiger partial charge in [-0.05, 0) is 31.9 Å². The van der Waals surface area contributed by atoms with Crippen molar-refractivity contribution in [1.82, 2.24) is 14.8 Å². The van der Waals surface area contributed by atoms with E-state index in [1.165, 1.54) is 49.4 Å². The molecule has 1 N–H and O–H groups in total. The molecule has 6 heteroatoms. The normalized spacial score (nSPS) is 15.2. The molecule has 1 heterocycles. The van der Waals surface area contributed by atoms with E-state index in [4.69, 9.17) is 0 Å². The fourth-order valence-electron chi connectivity index (χ4n) is 3.51. The van der Waals surface area contributed by atoms with Crippen LogP contribution in [0.15, 0.2) is 29.4 Å². The largest absolute Gasteiger partial charge is 0.325 e. The van der Waals surface area contributed by atoms with Crippen LogP contribution >= 0.6 is 11.8 Å². The van der Waals surface area contributed by atoms with Crippen LogP contribution in [-0.4, -0.2) is 26.4 Å². The molecule has 140 valence electrons. The molecule has 1 aliphatic carbocycles. The lowest BCUT2D eigenvalue weighted by Gasteiger charge is -2.21. The van der Waals surface area contributed by atoms with E-state index in [-0.39, 0.29) is 5.91 Å². The maximum Gasteiger partial charge on any atom is 0.234 e. The molecule has 0 spiro atoms. The topological polar surface area (TPSA) is 59.8 Å². The summed E-state index contributed by atoms with van der Waals surface area (Å²) in [7, 11) is 0. The summed E-state index contributed by atoms with van der Waals surface area (Å²) in [4.78, 5) is 12.2.